The number of carbonyl (C=O) groups excluding carboxylic acids is 1. The Morgan fingerprint density at radius 3 is 2.76 bits per heavy atom. The fourth-order valence-corrected chi connectivity index (χ4v) is 2.32. The van der Waals surface area contributed by atoms with Crippen molar-refractivity contribution in [2.24, 2.45) is 0 Å². The highest BCUT2D eigenvalue weighted by Gasteiger charge is 2.45. The van der Waals surface area contributed by atoms with E-state index in [0.717, 1.165) is 5.01 Å². The molecule has 1 atom stereocenters. The lowest BCUT2D eigenvalue weighted by Gasteiger charge is -2.28. The largest absolute Gasteiger partial charge is 0.405 e. The molecule has 0 radical (unpaired) electrons. The van der Waals surface area contributed by atoms with Gasteiger partial charge in [0.05, 0.1) is 11.6 Å². The number of hydrogen-bond acceptors (Lipinski definition) is 3. The fourth-order valence-electron chi connectivity index (χ4n) is 2.32. The summed E-state index contributed by atoms with van der Waals surface area (Å²) in [7, 11) is 0. The molecule has 1 aromatic rings. The highest BCUT2D eigenvalue weighted by atomic mass is 19.4. The zero-order chi connectivity index (χ0) is 15.5. The molecule has 1 aliphatic heterocycles. The summed E-state index contributed by atoms with van der Waals surface area (Å²) in [6, 6.07) is 6.76. The normalized spacial score (nSPS) is 17.3. The van der Waals surface area contributed by atoms with Gasteiger partial charge >= 0.3 is 6.18 Å². The van der Waals surface area contributed by atoms with Crippen LogP contribution in [0.15, 0.2) is 24.3 Å². The number of aryl methyl sites for hydroxylation is 1. The van der Waals surface area contributed by atoms with Crippen LogP contribution in [0.5, 0.6) is 0 Å². The maximum absolute atomic E-state index is 13.1. The molecule has 0 saturated carbocycles. The van der Waals surface area contributed by atoms with Crippen molar-refractivity contribution >= 4 is 5.91 Å². The summed E-state index contributed by atoms with van der Waals surface area (Å²) in [6.45, 7) is 0.0568. The van der Waals surface area contributed by atoms with Gasteiger partial charge in [-0.25, -0.2) is 5.01 Å². The number of amides is 1. The molecule has 1 N–H and O–H groups in total. The van der Waals surface area contributed by atoms with Crippen LogP contribution in [0.2, 0.25) is 0 Å². The Labute approximate surface area is 120 Å². The van der Waals surface area contributed by atoms with E-state index in [1.807, 2.05) is 6.07 Å². The minimum Gasteiger partial charge on any atom is -0.288 e. The van der Waals surface area contributed by atoms with Crippen LogP contribution in [0.1, 0.15) is 24.0 Å². The summed E-state index contributed by atoms with van der Waals surface area (Å²) in [4.78, 5) is 11.1. The lowest BCUT2D eigenvalue weighted by atomic mass is 10.0. The Morgan fingerprint density at radius 1 is 1.43 bits per heavy atom. The monoisotopic (exact) mass is 297 g/mol. The van der Waals surface area contributed by atoms with Crippen molar-refractivity contribution in [3.05, 3.63) is 35.4 Å². The van der Waals surface area contributed by atoms with E-state index in [4.69, 9.17) is 5.26 Å². The average molecular weight is 297 g/mol. The number of nitrogens with one attached hydrogen (secondary N) is 1. The van der Waals surface area contributed by atoms with Crippen LogP contribution >= 0.6 is 0 Å². The fraction of sp³-hybridized carbons (Fsp3) is 0.429. The smallest absolute Gasteiger partial charge is 0.288 e. The van der Waals surface area contributed by atoms with Crippen molar-refractivity contribution < 1.29 is 18.0 Å². The average Bonchev–Trinajstić information content (AvgIpc) is 2.84. The molecule has 0 bridgehead atoms. The highest BCUT2D eigenvalue weighted by Crippen LogP contribution is 2.29. The van der Waals surface area contributed by atoms with Gasteiger partial charge in [0.15, 0.2) is 0 Å². The molecule has 1 saturated heterocycles. The number of nitrogens with zero attached hydrogens (tertiary/aromatic N) is 2. The summed E-state index contributed by atoms with van der Waals surface area (Å²) in [5, 5.41) is 9.74. The maximum Gasteiger partial charge on any atom is 0.405 e. The number of hydrogen-bond donors (Lipinski definition) is 1. The molecular weight excluding hydrogens is 283 g/mol. The molecule has 112 valence electrons. The number of benzene rings is 1. The molecule has 1 heterocycles. The topological polar surface area (TPSA) is 56.1 Å². The molecule has 0 spiro atoms. The Kier molecular flexibility index (Phi) is 4.48. The van der Waals surface area contributed by atoms with E-state index < -0.39 is 18.1 Å². The molecule has 4 nitrogen and oxygen atoms in total. The minimum absolute atomic E-state index is 0.0568. The minimum atomic E-state index is -4.41. The van der Waals surface area contributed by atoms with E-state index in [1.165, 1.54) is 0 Å². The maximum atomic E-state index is 13.1. The number of halogens is 3. The molecule has 7 heteroatoms. The van der Waals surface area contributed by atoms with Gasteiger partial charge in [-0.1, -0.05) is 12.1 Å². The SMILES string of the molecule is N#Cc1cccc(CC[C@H](N2CCC(=O)N2)C(F)(F)F)c1. The van der Waals surface area contributed by atoms with Crippen molar-refractivity contribution in [1.29, 1.82) is 5.26 Å². The van der Waals surface area contributed by atoms with Gasteiger partial charge in [0.2, 0.25) is 5.91 Å². The summed E-state index contributed by atoms with van der Waals surface area (Å²) >= 11 is 0. The van der Waals surface area contributed by atoms with E-state index in [9.17, 15) is 18.0 Å². The van der Waals surface area contributed by atoms with Crippen LogP contribution in [-0.4, -0.2) is 29.7 Å². The Hall–Kier alpha value is -2.07. The molecule has 1 aromatic carbocycles. The summed E-state index contributed by atoms with van der Waals surface area (Å²) < 4.78 is 39.3. The number of alkyl halides is 3. The van der Waals surface area contributed by atoms with Crippen LogP contribution in [0.3, 0.4) is 0 Å². The number of carbonyl (C=O) groups is 1. The molecule has 2 rings (SSSR count). The lowest BCUT2D eigenvalue weighted by molar-refractivity contribution is -0.189. The third-order valence-electron chi connectivity index (χ3n) is 3.36. The van der Waals surface area contributed by atoms with Crippen LogP contribution in [0.25, 0.3) is 0 Å². The van der Waals surface area contributed by atoms with Crippen molar-refractivity contribution in [2.45, 2.75) is 31.5 Å². The number of nitriles is 1. The van der Waals surface area contributed by atoms with Gasteiger partial charge < -0.3 is 0 Å². The lowest BCUT2D eigenvalue weighted by Crippen LogP contribution is -2.50. The summed E-state index contributed by atoms with van der Waals surface area (Å²) in [5.74, 6) is -0.393. The first-order valence-corrected chi connectivity index (χ1v) is 6.52. The van der Waals surface area contributed by atoms with Gasteiger partial charge in [0.1, 0.15) is 6.04 Å². The first-order valence-electron chi connectivity index (χ1n) is 6.52. The van der Waals surface area contributed by atoms with E-state index in [-0.39, 0.29) is 25.8 Å². The first-order chi connectivity index (χ1) is 9.90. The Balaban J connectivity index is 2.05. The predicted molar refractivity (Wildman–Crippen MR) is 68.8 cm³/mol. The van der Waals surface area contributed by atoms with Crippen molar-refractivity contribution in [3.63, 3.8) is 0 Å². The molecule has 1 amide bonds. The van der Waals surface area contributed by atoms with Crippen molar-refractivity contribution in [1.82, 2.24) is 10.4 Å². The van der Waals surface area contributed by atoms with E-state index >= 15 is 0 Å². The molecule has 0 aromatic heterocycles. The van der Waals surface area contributed by atoms with E-state index in [1.54, 1.807) is 24.3 Å². The van der Waals surface area contributed by atoms with Crippen molar-refractivity contribution in [3.8, 4) is 6.07 Å². The summed E-state index contributed by atoms with van der Waals surface area (Å²) in [5.41, 5.74) is 3.34. The van der Waals surface area contributed by atoms with Crippen LogP contribution in [-0.2, 0) is 11.2 Å². The predicted octanol–water partition coefficient (Wildman–Crippen LogP) is 2.16. The van der Waals surface area contributed by atoms with Gasteiger partial charge in [-0.2, -0.15) is 18.4 Å². The van der Waals surface area contributed by atoms with Crippen molar-refractivity contribution in [2.75, 3.05) is 6.54 Å². The zero-order valence-corrected chi connectivity index (χ0v) is 11.2. The van der Waals surface area contributed by atoms with Gasteiger partial charge in [-0.15, -0.1) is 0 Å². The van der Waals surface area contributed by atoms with E-state index in [0.29, 0.717) is 11.1 Å². The second kappa shape index (κ2) is 6.14. The molecule has 0 unspecified atom stereocenters. The van der Waals surface area contributed by atoms with Gasteiger partial charge in [0, 0.05) is 13.0 Å². The quantitative estimate of drug-likeness (QED) is 0.926. The second-order valence-corrected chi connectivity index (χ2v) is 4.89. The third kappa shape index (κ3) is 3.95. The van der Waals surface area contributed by atoms with Gasteiger partial charge in [-0.3, -0.25) is 10.2 Å². The molecule has 21 heavy (non-hydrogen) atoms. The Bertz CT molecular complexity index is 565. The highest BCUT2D eigenvalue weighted by molar-refractivity contribution is 5.77. The number of rotatable bonds is 4. The second-order valence-electron chi connectivity index (χ2n) is 4.89. The van der Waals surface area contributed by atoms with Gasteiger partial charge in [-0.05, 0) is 30.5 Å². The molecular formula is C14H14F3N3O. The number of hydrazine groups is 1. The molecule has 1 fully saturated rings. The third-order valence-corrected chi connectivity index (χ3v) is 3.36. The molecule has 1 aliphatic rings. The Morgan fingerprint density at radius 2 is 2.19 bits per heavy atom. The van der Waals surface area contributed by atoms with Gasteiger partial charge in [0.25, 0.3) is 0 Å². The van der Waals surface area contributed by atoms with E-state index in [2.05, 4.69) is 5.43 Å². The summed E-state index contributed by atoms with van der Waals surface area (Å²) in [6.07, 6.45) is -4.31. The van der Waals surface area contributed by atoms with Crippen LogP contribution in [0.4, 0.5) is 13.2 Å². The van der Waals surface area contributed by atoms with Crippen LogP contribution < -0.4 is 5.43 Å². The molecule has 0 aliphatic carbocycles. The van der Waals surface area contributed by atoms with Crippen LogP contribution in [0, 0.1) is 11.3 Å². The zero-order valence-electron chi connectivity index (χ0n) is 11.2. The standard InChI is InChI=1S/C14H14F3N3O/c15-14(16,17)12(20-7-6-13(21)19-20)5-4-10-2-1-3-11(8-10)9-18/h1-3,8,12H,4-7H2,(H,19,21)/t12-/m0/s1. The first kappa shape index (κ1) is 15.3.